The predicted octanol–water partition coefficient (Wildman–Crippen LogP) is 4.39. The Morgan fingerprint density at radius 1 is 0.906 bits per heavy atom. The highest BCUT2D eigenvalue weighted by Gasteiger charge is 2.23. The number of aryl methyl sites for hydroxylation is 3. The maximum atomic E-state index is 13.0. The van der Waals surface area contributed by atoms with E-state index in [0.717, 1.165) is 16.7 Å². The standard InChI is InChI=1S/C25H25N3O3S/c1-19-12-14-21(15-13-19)24-23(18-29)28(17-16-20-8-4-2-5-9-20)26-25(24)27-32(30,31)22-10-6-3-7-11-22/h2-15,29H,16-18H2,1H3,(H,26,27). The van der Waals surface area contributed by atoms with Crippen LogP contribution in [-0.2, 0) is 29.6 Å². The van der Waals surface area contributed by atoms with E-state index in [9.17, 15) is 13.5 Å². The van der Waals surface area contributed by atoms with Crippen LogP contribution in [0.25, 0.3) is 11.1 Å². The van der Waals surface area contributed by atoms with Gasteiger partial charge in [-0.05, 0) is 36.6 Å². The van der Waals surface area contributed by atoms with E-state index in [-0.39, 0.29) is 17.3 Å². The van der Waals surface area contributed by atoms with Crippen molar-refractivity contribution >= 4 is 15.8 Å². The second kappa shape index (κ2) is 9.38. The number of benzene rings is 3. The molecule has 164 valence electrons. The topological polar surface area (TPSA) is 84.2 Å². The van der Waals surface area contributed by atoms with Gasteiger partial charge >= 0.3 is 0 Å². The lowest BCUT2D eigenvalue weighted by Crippen LogP contribution is -2.14. The number of nitrogens with zero attached hydrogens (tertiary/aromatic N) is 2. The molecule has 32 heavy (non-hydrogen) atoms. The Morgan fingerprint density at radius 3 is 2.16 bits per heavy atom. The van der Waals surface area contributed by atoms with Crippen molar-refractivity contribution in [1.29, 1.82) is 0 Å². The van der Waals surface area contributed by atoms with Crippen molar-refractivity contribution < 1.29 is 13.5 Å². The monoisotopic (exact) mass is 447 g/mol. The van der Waals surface area contributed by atoms with Crippen molar-refractivity contribution in [1.82, 2.24) is 9.78 Å². The number of rotatable bonds is 8. The summed E-state index contributed by atoms with van der Waals surface area (Å²) in [4.78, 5) is 0.152. The fourth-order valence-corrected chi connectivity index (χ4v) is 4.63. The summed E-state index contributed by atoms with van der Waals surface area (Å²) in [5.74, 6) is 0.204. The van der Waals surface area contributed by atoms with Crippen molar-refractivity contribution in [3.05, 3.63) is 102 Å². The molecule has 0 bridgehead atoms. The molecule has 4 rings (SSSR count). The summed E-state index contributed by atoms with van der Waals surface area (Å²) in [5, 5.41) is 14.8. The molecule has 0 spiro atoms. The van der Waals surface area contributed by atoms with Crippen molar-refractivity contribution in [2.75, 3.05) is 4.72 Å². The van der Waals surface area contributed by atoms with Crippen LogP contribution in [0.1, 0.15) is 16.8 Å². The van der Waals surface area contributed by atoms with E-state index in [0.29, 0.717) is 24.2 Å². The van der Waals surface area contributed by atoms with Crippen LogP contribution in [0.4, 0.5) is 5.82 Å². The molecule has 6 nitrogen and oxygen atoms in total. The molecule has 4 aromatic rings. The minimum atomic E-state index is -3.84. The Balaban J connectivity index is 1.76. The summed E-state index contributed by atoms with van der Waals surface area (Å²) in [6.45, 7) is 2.23. The summed E-state index contributed by atoms with van der Waals surface area (Å²) >= 11 is 0. The van der Waals surface area contributed by atoms with Gasteiger partial charge in [0, 0.05) is 6.54 Å². The highest BCUT2D eigenvalue weighted by Crippen LogP contribution is 2.33. The average molecular weight is 448 g/mol. The molecule has 7 heteroatoms. The van der Waals surface area contributed by atoms with Gasteiger partial charge in [0.2, 0.25) is 0 Å². The first-order chi connectivity index (χ1) is 15.5. The molecule has 0 fully saturated rings. The number of hydrogen-bond donors (Lipinski definition) is 2. The molecular weight excluding hydrogens is 422 g/mol. The maximum absolute atomic E-state index is 13.0. The minimum absolute atomic E-state index is 0.152. The number of aliphatic hydroxyl groups is 1. The van der Waals surface area contributed by atoms with Crippen LogP contribution in [-0.4, -0.2) is 23.3 Å². The zero-order chi connectivity index (χ0) is 22.6. The van der Waals surface area contributed by atoms with Gasteiger partial charge in [0.1, 0.15) is 0 Å². The lowest BCUT2D eigenvalue weighted by atomic mass is 10.0. The average Bonchev–Trinajstić information content (AvgIpc) is 3.16. The molecule has 0 radical (unpaired) electrons. The van der Waals surface area contributed by atoms with E-state index in [2.05, 4.69) is 9.82 Å². The largest absolute Gasteiger partial charge is 0.390 e. The van der Waals surface area contributed by atoms with Gasteiger partial charge in [-0.15, -0.1) is 0 Å². The van der Waals surface area contributed by atoms with Crippen molar-refractivity contribution in [2.24, 2.45) is 0 Å². The summed E-state index contributed by atoms with van der Waals surface area (Å²) in [5.41, 5.74) is 4.16. The highest BCUT2D eigenvalue weighted by molar-refractivity contribution is 7.92. The van der Waals surface area contributed by atoms with E-state index >= 15 is 0 Å². The van der Waals surface area contributed by atoms with Gasteiger partial charge in [0.25, 0.3) is 10.0 Å². The lowest BCUT2D eigenvalue weighted by molar-refractivity contribution is 0.268. The third-order valence-electron chi connectivity index (χ3n) is 5.29. The van der Waals surface area contributed by atoms with Crippen LogP contribution in [0.2, 0.25) is 0 Å². The van der Waals surface area contributed by atoms with E-state index in [1.807, 2.05) is 61.5 Å². The smallest absolute Gasteiger partial charge is 0.263 e. The Labute approximate surface area is 188 Å². The normalized spacial score (nSPS) is 11.4. The molecule has 1 aromatic heterocycles. The second-order valence-electron chi connectivity index (χ2n) is 7.57. The van der Waals surface area contributed by atoms with Crippen LogP contribution in [0, 0.1) is 6.92 Å². The third kappa shape index (κ3) is 4.74. The van der Waals surface area contributed by atoms with E-state index in [1.165, 1.54) is 12.1 Å². The zero-order valence-electron chi connectivity index (χ0n) is 17.8. The minimum Gasteiger partial charge on any atom is -0.390 e. The molecular formula is C25H25N3O3S. The molecule has 0 unspecified atom stereocenters. The summed E-state index contributed by atoms with van der Waals surface area (Å²) in [6.07, 6.45) is 0.702. The van der Waals surface area contributed by atoms with Crippen LogP contribution < -0.4 is 4.72 Å². The maximum Gasteiger partial charge on any atom is 0.263 e. The number of nitrogens with one attached hydrogen (secondary N) is 1. The van der Waals surface area contributed by atoms with Gasteiger partial charge in [0.05, 0.1) is 22.8 Å². The SMILES string of the molecule is Cc1ccc(-c2c(NS(=O)(=O)c3ccccc3)nn(CCc3ccccc3)c2CO)cc1. The second-order valence-corrected chi connectivity index (χ2v) is 9.25. The summed E-state index contributed by atoms with van der Waals surface area (Å²) < 4.78 is 30.3. The van der Waals surface area contributed by atoms with Gasteiger partial charge in [-0.1, -0.05) is 78.4 Å². The lowest BCUT2D eigenvalue weighted by Gasteiger charge is -2.09. The van der Waals surface area contributed by atoms with Gasteiger partial charge < -0.3 is 5.11 Å². The van der Waals surface area contributed by atoms with E-state index < -0.39 is 10.0 Å². The van der Waals surface area contributed by atoms with Crippen molar-refractivity contribution in [3.63, 3.8) is 0 Å². The van der Waals surface area contributed by atoms with Gasteiger partial charge in [-0.25, -0.2) is 8.42 Å². The molecule has 0 saturated carbocycles. The predicted molar refractivity (Wildman–Crippen MR) is 126 cm³/mol. The first-order valence-corrected chi connectivity index (χ1v) is 11.9. The van der Waals surface area contributed by atoms with Crippen molar-refractivity contribution in [2.45, 2.75) is 31.4 Å². The van der Waals surface area contributed by atoms with Gasteiger partial charge in [-0.3, -0.25) is 9.40 Å². The molecule has 0 aliphatic carbocycles. The number of hydrogen-bond acceptors (Lipinski definition) is 4. The number of anilines is 1. The van der Waals surface area contributed by atoms with Crippen molar-refractivity contribution in [3.8, 4) is 11.1 Å². The highest BCUT2D eigenvalue weighted by atomic mass is 32.2. The van der Waals surface area contributed by atoms with E-state index in [4.69, 9.17) is 0 Å². The molecule has 2 N–H and O–H groups in total. The molecule has 1 heterocycles. The Hall–Kier alpha value is -3.42. The first kappa shape index (κ1) is 21.8. The molecule has 0 atom stereocenters. The number of aromatic nitrogens is 2. The number of sulfonamides is 1. The molecule has 0 aliphatic heterocycles. The quantitative estimate of drug-likeness (QED) is 0.419. The number of aliphatic hydroxyl groups excluding tert-OH is 1. The fourth-order valence-electron chi connectivity index (χ4n) is 3.60. The molecule has 0 amide bonds. The van der Waals surface area contributed by atoms with Crippen LogP contribution in [0.3, 0.4) is 0 Å². The van der Waals surface area contributed by atoms with E-state index in [1.54, 1.807) is 22.9 Å². The first-order valence-electron chi connectivity index (χ1n) is 10.4. The Morgan fingerprint density at radius 2 is 1.53 bits per heavy atom. The fraction of sp³-hybridized carbons (Fsp3) is 0.160. The van der Waals surface area contributed by atoms with Crippen LogP contribution in [0.15, 0.2) is 89.8 Å². The zero-order valence-corrected chi connectivity index (χ0v) is 18.6. The van der Waals surface area contributed by atoms with Crippen LogP contribution >= 0.6 is 0 Å². The Bertz CT molecular complexity index is 1280. The van der Waals surface area contributed by atoms with Crippen LogP contribution in [0.5, 0.6) is 0 Å². The van der Waals surface area contributed by atoms with Gasteiger partial charge in [-0.2, -0.15) is 5.10 Å². The summed E-state index contributed by atoms with van der Waals surface area (Å²) in [6, 6.07) is 25.9. The molecule has 0 aliphatic rings. The van der Waals surface area contributed by atoms with Gasteiger partial charge in [0.15, 0.2) is 5.82 Å². The third-order valence-corrected chi connectivity index (χ3v) is 6.64. The molecule has 0 saturated heterocycles. The Kier molecular flexibility index (Phi) is 6.39. The molecule has 3 aromatic carbocycles. The summed E-state index contributed by atoms with van der Waals surface area (Å²) in [7, 11) is -3.84.